The zero-order valence-corrected chi connectivity index (χ0v) is 15.5. The van der Waals surface area contributed by atoms with Crippen molar-refractivity contribution in [3.63, 3.8) is 0 Å². The van der Waals surface area contributed by atoms with E-state index < -0.39 is 0 Å². The van der Waals surface area contributed by atoms with Gasteiger partial charge in [-0.15, -0.1) is 0 Å². The van der Waals surface area contributed by atoms with Gasteiger partial charge in [-0.05, 0) is 36.4 Å². The molecule has 0 aliphatic rings. The SMILES string of the molecule is O=C(CCc1nc(-c2ccncc2)no1)Nc1ccccc1Oc1ccccc1. The molecule has 0 fully saturated rings. The quantitative estimate of drug-likeness (QED) is 0.503. The molecule has 7 heteroatoms. The van der Waals surface area contributed by atoms with E-state index in [0.29, 0.717) is 35.3 Å². The second kappa shape index (κ2) is 8.79. The van der Waals surface area contributed by atoms with Gasteiger partial charge in [0.25, 0.3) is 0 Å². The van der Waals surface area contributed by atoms with Crippen molar-refractivity contribution in [2.24, 2.45) is 0 Å². The van der Waals surface area contributed by atoms with Gasteiger partial charge in [0.2, 0.25) is 17.6 Å². The maximum absolute atomic E-state index is 12.4. The standard InChI is InChI=1S/C22H18N4O3/c27-20(10-11-21-25-22(26-29-21)16-12-14-23-15-13-16)24-18-8-4-5-9-19(18)28-17-6-2-1-3-7-17/h1-9,12-15H,10-11H2,(H,24,27). The summed E-state index contributed by atoms with van der Waals surface area (Å²) in [6.45, 7) is 0. The lowest BCUT2D eigenvalue weighted by atomic mass is 10.2. The van der Waals surface area contributed by atoms with Crippen LogP contribution < -0.4 is 10.1 Å². The highest BCUT2D eigenvalue weighted by Gasteiger charge is 2.12. The third kappa shape index (κ3) is 4.84. The highest BCUT2D eigenvalue weighted by molar-refractivity contribution is 5.92. The van der Waals surface area contributed by atoms with Crippen LogP contribution in [0, 0.1) is 0 Å². The van der Waals surface area contributed by atoms with Crippen LogP contribution in [0.3, 0.4) is 0 Å². The van der Waals surface area contributed by atoms with Crippen LogP contribution in [-0.4, -0.2) is 21.0 Å². The summed E-state index contributed by atoms with van der Waals surface area (Å²) in [5.41, 5.74) is 1.41. The van der Waals surface area contributed by atoms with Crippen LogP contribution in [0.15, 0.2) is 83.6 Å². The number of carbonyl (C=O) groups excluding carboxylic acids is 1. The summed E-state index contributed by atoms with van der Waals surface area (Å²) >= 11 is 0. The number of aromatic nitrogens is 3. The van der Waals surface area contributed by atoms with E-state index in [-0.39, 0.29) is 12.3 Å². The second-order valence-electron chi connectivity index (χ2n) is 6.21. The van der Waals surface area contributed by atoms with Gasteiger partial charge in [-0.3, -0.25) is 9.78 Å². The van der Waals surface area contributed by atoms with Crippen molar-refractivity contribution in [3.8, 4) is 22.9 Å². The summed E-state index contributed by atoms with van der Waals surface area (Å²) in [5, 5.41) is 6.82. The Morgan fingerprint density at radius 1 is 0.966 bits per heavy atom. The van der Waals surface area contributed by atoms with Crippen LogP contribution in [-0.2, 0) is 11.2 Å². The number of aryl methyl sites for hydroxylation is 1. The molecule has 0 atom stereocenters. The number of anilines is 1. The first kappa shape index (κ1) is 18.4. The van der Waals surface area contributed by atoms with Crippen molar-refractivity contribution in [3.05, 3.63) is 85.0 Å². The molecule has 0 aliphatic heterocycles. The summed E-state index contributed by atoms with van der Waals surface area (Å²) in [6, 6.07) is 20.3. The summed E-state index contributed by atoms with van der Waals surface area (Å²) < 4.78 is 11.1. The Morgan fingerprint density at radius 2 is 1.72 bits per heavy atom. The molecule has 0 bridgehead atoms. The van der Waals surface area contributed by atoms with Crippen molar-refractivity contribution >= 4 is 11.6 Å². The highest BCUT2D eigenvalue weighted by atomic mass is 16.5. The van der Waals surface area contributed by atoms with Gasteiger partial charge < -0.3 is 14.6 Å². The Morgan fingerprint density at radius 3 is 2.55 bits per heavy atom. The summed E-state index contributed by atoms with van der Waals surface area (Å²) in [7, 11) is 0. The predicted octanol–water partition coefficient (Wildman–Crippen LogP) is 4.50. The summed E-state index contributed by atoms with van der Waals surface area (Å²) in [6.07, 6.45) is 3.87. The van der Waals surface area contributed by atoms with Crippen LogP contribution in [0.5, 0.6) is 11.5 Å². The fraction of sp³-hybridized carbons (Fsp3) is 0.0909. The molecule has 0 saturated heterocycles. The van der Waals surface area contributed by atoms with E-state index in [1.807, 2.05) is 48.5 Å². The Labute approximate surface area is 167 Å². The molecule has 0 radical (unpaired) electrons. The molecule has 7 nitrogen and oxygen atoms in total. The number of amides is 1. The highest BCUT2D eigenvalue weighted by Crippen LogP contribution is 2.29. The minimum absolute atomic E-state index is 0.169. The van der Waals surface area contributed by atoms with Gasteiger partial charge in [0.05, 0.1) is 5.69 Å². The lowest BCUT2D eigenvalue weighted by molar-refractivity contribution is -0.116. The number of hydrogen-bond acceptors (Lipinski definition) is 6. The molecular weight excluding hydrogens is 368 g/mol. The number of para-hydroxylation sites is 3. The second-order valence-corrected chi connectivity index (χ2v) is 6.21. The third-order valence-corrected chi connectivity index (χ3v) is 4.10. The predicted molar refractivity (Wildman–Crippen MR) is 107 cm³/mol. The van der Waals surface area contributed by atoms with E-state index in [2.05, 4.69) is 20.4 Å². The molecule has 4 rings (SSSR count). The summed E-state index contributed by atoms with van der Waals surface area (Å²) in [4.78, 5) is 20.7. The first-order valence-electron chi connectivity index (χ1n) is 9.13. The number of benzene rings is 2. The van der Waals surface area contributed by atoms with E-state index in [4.69, 9.17) is 9.26 Å². The largest absolute Gasteiger partial charge is 0.455 e. The van der Waals surface area contributed by atoms with Crippen LogP contribution in [0.25, 0.3) is 11.4 Å². The number of hydrogen-bond donors (Lipinski definition) is 1. The molecule has 2 aromatic carbocycles. The topological polar surface area (TPSA) is 90.1 Å². The lowest BCUT2D eigenvalue weighted by Crippen LogP contribution is -2.13. The van der Waals surface area contributed by atoms with Crippen molar-refractivity contribution in [2.45, 2.75) is 12.8 Å². The van der Waals surface area contributed by atoms with Gasteiger partial charge in [-0.1, -0.05) is 35.5 Å². The molecule has 29 heavy (non-hydrogen) atoms. The van der Waals surface area contributed by atoms with Gasteiger partial charge >= 0.3 is 0 Å². The number of carbonyl (C=O) groups is 1. The van der Waals surface area contributed by atoms with Crippen LogP contribution in [0.1, 0.15) is 12.3 Å². The number of nitrogens with one attached hydrogen (secondary N) is 1. The van der Waals surface area contributed by atoms with Gasteiger partial charge in [-0.25, -0.2) is 0 Å². The van der Waals surface area contributed by atoms with E-state index in [9.17, 15) is 4.79 Å². The van der Waals surface area contributed by atoms with Gasteiger partial charge in [0, 0.05) is 30.8 Å². The monoisotopic (exact) mass is 386 g/mol. The van der Waals surface area contributed by atoms with Crippen molar-refractivity contribution in [2.75, 3.05) is 5.32 Å². The Balaban J connectivity index is 1.36. The van der Waals surface area contributed by atoms with Gasteiger partial charge in [0.15, 0.2) is 5.75 Å². The minimum atomic E-state index is -0.169. The first-order valence-corrected chi connectivity index (χ1v) is 9.13. The molecule has 4 aromatic rings. The molecule has 0 spiro atoms. The molecule has 0 saturated carbocycles. The molecule has 2 aromatic heterocycles. The molecule has 0 aliphatic carbocycles. The fourth-order valence-corrected chi connectivity index (χ4v) is 2.68. The van der Waals surface area contributed by atoms with Crippen LogP contribution in [0.4, 0.5) is 5.69 Å². The number of pyridine rings is 1. The lowest BCUT2D eigenvalue weighted by Gasteiger charge is -2.11. The smallest absolute Gasteiger partial charge is 0.227 e. The van der Waals surface area contributed by atoms with Gasteiger partial charge in [-0.2, -0.15) is 4.98 Å². The molecule has 2 heterocycles. The molecular formula is C22H18N4O3. The molecule has 1 amide bonds. The molecule has 1 N–H and O–H groups in total. The van der Waals surface area contributed by atoms with E-state index in [1.54, 1.807) is 30.6 Å². The molecule has 144 valence electrons. The first-order chi connectivity index (χ1) is 14.3. The summed E-state index contributed by atoms with van der Waals surface area (Å²) in [5.74, 6) is 1.98. The minimum Gasteiger partial charge on any atom is -0.455 e. The average Bonchev–Trinajstić information content (AvgIpc) is 3.24. The van der Waals surface area contributed by atoms with Crippen LogP contribution >= 0.6 is 0 Å². The maximum atomic E-state index is 12.4. The Kier molecular flexibility index (Phi) is 5.57. The van der Waals surface area contributed by atoms with E-state index in [0.717, 1.165) is 5.56 Å². The zero-order chi connectivity index (χ0) is 19.9. The molecule has 0 unspecified atom stereocenters. The Hall–Kier alpha value is -4.00. The van der Waals surface area contributed by atoms with Gasteiger partial charge in [0.1, 0.15) is 5.75 Å². The Bertz CT molecular complexity index is 1080. The number of rotatable bonds is 7. The average molecular weight is 386 g/mol. The van der Waals surface area contributed by atoms with Crippen molar-refractivity contribution < 1.29 is 14.1 Å². The van der Waals surface area contributed by atoms with E-state index in [1.165, 1.54) is 0 Å². The normalized spacial score (nSPS) is 10.5. The number of nitrogens with zero attached hydrogens (tertiary/aromatic N) is 3. The van der Waals surface area contributed by atoms with Crippen LogP contribution in [0.2, 0.25) is 0 Å². The van der Waals surface area contributed by atoms with E-state index >= 15 is 0 Å². The third-order valence-electron chi connectivity index (χ3n) is 4.10. The fourth-order valence-electron chi connectivity index (χ4n) is 2.68. The number of ether oxygens (including phenoxy) is 1. The van der Waals surface area contributed by atoms with Crippen molar-refractivity contribution in [1.82, 2.24) is 15.1 Å². The maximum Gasteiger partial charge on any atom is 0.227 e. The zero-order valence-electron chi connectivity index (χ0n) is 15.5. The van der Waals surface area contributed by atoms with Crippen molar-refractivity contribution in [1.29, 1.82) is 0 Å².